The van der Waals surface area contributed by atoms with Crippen LogP contribution < -0.4 is 10.5 Å². The van der Waals surface area contributed by atoms with Crippen LogP contribution in [0.2, 0.25) is 0 Å². The molecule has 0 bridgehead atoms. The van der Waals surface area contributed by atoms with Crippen molar-refractivity contribution in [2.75, 3.05) is 6.61 Å². The van der Waals surface area contributed by atoms with Gasteiger partial charge in [-0.2, -0.15) is 0 Å². The van der Waals surface area contributed by atoms with Gasteiger partial charge in [-0.1, -0.05) is 6.07 Å². The Morgan fingerprint density at radius 2 is 2.35 bits per heavy atom. The van der Waals surface area contributed by atoms with Crippen molar-refractivity contribution in [1.82, 2.24) is 9.55 Å². The zero-order valence-electron chi connectivity index (χ0n) is 11.7. The zero-order chi connectivity index (χ0) is 13.8. The third-order valence-electron chi connectivity index (χ3n) is 3.86. The fourth-order valence-corrected chi connectivity index (χ4v) is 2.77. The smallest absolute Gasteiger partial charge is 0.119 e. The Hall–Kier alpha value is -1.81. The van der Waals surface area contributed by atoms with Crippen molar-refractivity contribution < 1.29 is 4.74 Å². The number of fused-ring (bicyclic) bond motifs is 1. The van der Waals surface area contributed by atoms with Crippen molar-refractivity contribution >= 4 is 0 Å². The maximum atomic E-state index is 6.12. The normalized spacial score (nSPS) is 17.8. The highest BCUT2D eigenvalue weighted by atomic mass is 16.5. The Bertz CT molecular complexity index is 551. The highest BCUT2D eigenvalue weighted by molar-refractivity contribution is 5.38. The maximum absolute atomic E-state index is 6.12. The first kappa shape index (κ1) is 13.2. The van der Waals surface area contributed by atoms with Gasteiger partial charge in [-0.25, -0.2) is 4.98 Å². The molecule has 1 aromatic carbocycles. The summed E-state index contributed by atoms with van der Waals surface area (Å²) < 4.78 is 7.90. The summed E-state index contributed by atoms with van der Waals surface area (Å²) in [5.74, 6) is 0.962. The number of aromatic nitrogens is 2. The van der Waals surface area contributed by atoms with E-state index in [4.69, 9.17) is 10.5 Å². The van der Waals surface area contributed by atoms with Gasteiger partial charge in [0.05, 0.1) is 12.9 Å². The highest BCUT2D eigenvalue weighted by Crippen LogP contribution is 2.30. The van der Waals surface area contributed by atoms with Gasteiger partial charge < -0.3 is 15.0 Å². The molecule has 1 aromatic heterocycles. The first-order chi connectivity index (χ1) is 9.83. The van der Waals surface area contributed by atoms with Gasteiger partial charge in [-0.15, -0.1) is 0 Å². The SMILES string of the molecule is NC1CCCc2cc(OCCCn3ccnc3)ccc21. The molecule has 1 unspecified atom stereocenters. The lowest BCUT2D eigenvalue weighted by molar-refractivity contribution is 0.301. The van der Waals surface area contributed by atoms with Gasteiger partial charge in [-0.05, 0) is 48.9 Å². The molecule has 0 radical (unpaired) electrons. The van der Waals surface area contributed by atoms with Crippen molar-refractivity contribution in [3.8, 4) is 5.75 Å². The van der Waals surface area contributed by atoms with E-state index in [1.54, 1.807) is 6.20 Å². The molecule has 2 N–H and O–H groups in total. The standard InChI is InChI=1S/C16H21N3O/c17-16-4-1-3-13-11-14(5-6-15(13)16)20-10-2-8-19-9-7-18-12-19/h5-7,9,11-12,16H,1-4,8,10,17H2. The van der Waals surface area contributed by atoms with Gasteiger partial charge in [0.2, 0.25) is 0 Å². The summed E-state index contributed by atoms with van der Waals surface area (Å²) in [6, 6.07) is 6.53. The average molecular weight is 271 g/mol. The first-order valence-electron chi connectivity index (χ1n) is 7.30. The molecule has 1 atom stereocenters. The lowest BCUT2D eigenvalue weighted by atomic mass is 9.88. The monoisotopic (exact) mass is 271 g/mol. The summed E-state index contributed by atoms with van der Waals surface area (Å²) in [5, 5.41) is 0. The number of hydrogen-bond donors (Lipinski definition) is 1. The van der Waals surface area contributed by atoms with Crippen LogP contribution in [0.1, 0.15) is 36.4 Å². The van der Waals surface area contributed by atoms with E-state index in [1.165, 1.54) is 17.5 Å². The van der Waals surface area contributed by atoms with Gasteiger partial charge in [-0.3, -0.25) is 0 Å². The highest BCUT2D eigenvalue weighted by Gasteiger charge is 2.16. The number of hydrogen-bond acceptors (Lipinski definition) is 3. The fourth-order valence-electron chi connectivity index (χ4n) is 2.77. The minimum absolute atomic E-state index is 0.203. The van der Waals surface area contributed by atoms with Gasteiger partial charge >= 0.3 is 0 Å². The molecule has 2 aromatic rings. The second-order valence-electron chi connectivity index (χ2n) is 5.36. The molecule has 4 heteroatoms. The van der Waals surface area contributed by atoms with E-state index < -0.39 is 0 Å². The number of nitrogens with two attached hydrogens (primary N) is 1. The number of rotatable bonds is 5. The van der Waals surface area contributed by atoms with Crippen molar-refractivity contribution in [1.29, 1.82) is 0 Å². The summed E-state index contributed by atoms with van der Waals surface area (Å²) in [5.41, 5.74) is 8.77. The second kappa shape index (κ2) is 6.09. The molecule has 0 spiro atoms. The fraction of sp³-hybridized carbons (Fsp3) is 0.438. The van der Waals surface area contributed by atoms with E-state index in [1.807, 2.05) is 18.6 Å². The lowest BCUT2D eigenvalue weighted by Crippen LogP contribution is -2.17. The Morgan fingerprint density at radius 3 is 3.20 bits per heavy atom. The molecule has 1 aliphatic carbocycles. The minimum Gasteiger partial charge on any atom is -0.494 e. The van der Waals surface area contributed by atoms with Crippen LogP contribution in [0.5, 0.6) is 5.75 Å². The maximum Gasteiger partial charge on any atom is 0.119 e. The van der Waals surface area contributed by atoms with Crippen molar-refractivity contribution in [2.45, 2.75) is 38.3 Å². The molecule has 20 heavy (non-hydrogen) atoms. The molecular formula is C16H21N3O. The molecular weight excluding hydrogens is 250 g/mol. The van der Waals surface area contributed by atoms with Crippen LogP contribution in [0, 0.1) is 0 Å². The second-order valence-corrected chi connectivity index (χ2v) is 5.36. The molecule has 4 nitrogen and oxygen atoms in total. The quantitative estimate of drug-likeness (QED) is 0.851. The van der Waals surface area contributed by atoms with Crippen LogP contribution in [0.25, 0.3) is 0 Å². The number of nitrogens with zero attached hydrogens (tertiary/aromatic N) is 2. The van der Waals surface area contributed by atoms with Crippen molar-refractivity contribution in [3.63, 3.8) is 0 Å². The zero-order valence-corrected chi connectivity index (χ0v) is 11.7. The Labute approximate surface area is 119 Å². The summed E-state index contributed by atoms with van der Waals surface area (Å²) in [6.07, 6.45) is 9.98. The lowest BCUT2D eigenvalue weighted by Gasteiger charge is -2.22. The number of benzene rings is 1. The molecule has 0 aliphatic heterocycles. The van der Waals surface area contributed by atoms with E-state index in [0.717, 1.165) is 38.2 Å². The van der Waals surface area contributed by atoms with E-state index in [2.05, 4.69) is 21.7 Å². The molecule has 106 valence electrons. The van der Waals surface area contributed by atoms with Crippen LogP contribution in [0.3, 0.4) is 0 Å². The summed E-state index contributed by atoms with van der Waals surface area (Å²) >= 11 is 0. The van der Waals surface area contributed by atoms with Crippen LogP contribution >= 0.6 is 0 Å². The summed E-state index contributed by atoms with van der Waals surface area (Å²) in [6.45, 7) is 1.67. The van der Waals surface area contributed by atoms with Crippen LogP contribution in [0.15, 0.2) is 36.9 Å². The van der Waals surface area contributed by atoms with Crippen molar-refractivity contribution in [3.05, 3.63) is 48.0 Å². The number of imidazole rings is 1. The van der Waals surface area contributed by atoms with E-state index in [9.17, 15) is 0 Å². The Morgan fingerprint density at radius 1 is 1.40 bits per heavy atom. The topological polar surface area (TPSA) is 53.1 Å². The van der Waals surface area contributed by atoms with Gasteiger partial charge in [0.25, 0.3) is 0 Å². The molecule has 0 fully saturated rings. The molecule has 0 amide bonds. The molecule has 1 heterocycles. The van der Waals surface area contributed by atoms with Crippen LogP contribution in [-0.4, -0.2) is 16.2 Å². The largest absolute Gasteiger partial charge is 0.494 e. The summed E-state index contributed by atoms with van der Waals surface area (Å²) in [7, 11) is 0. The third kappa shape index (κ3) is 3.02. The number of aryl methyl sites for hydroxylation is 2. The van der Waals surface area contributed by atoms with Gasteiger partial charge in [0.1, 0.15) is 5.75 Å². The predicted octanol–water partition coefficient (Wildman–Crippen LogP) is 2.69. The Balaban J connectivity index is 1.53. The average Bonchev–Trinajstić information content (AvgIpc) is 2.97. The first-order valence-corrected chi connectivity index (χ1v) is 7.30. The molecule has 1 aliphatic rings. The van der Waals surface area contributed by atoms with Crippen LogP contribution in [0.4, 0.5) is 0 Å². The van der Waals surface area contributed by atoms with Crippen molar-refractivity contribution in [2.24, 2.45) is 5.73 Å². The molecule has 0 saturated carbocycles. The molecule has 3 rings (SSSR count). The number of ether oxygens (including phenoxy) is 1. The predicted molar refractivity (Wildman–Crippen MR) is 78.6 cm³/mol. The molecule has 0 saturated heterocycles. The Kier molecular flexibility index (Phi) is 4.02. The van der Waals surface area contributed by atoms with E-state index in [-0.39, 0.29) is 6.04 Å². The van der Waals surface area contributed by atoms with Crippen LogP contribution in [-0.2, 0) is 13.0 Å². The van der Waals surface area contributed by atoms with Gasteiger partial charge in [0.15, 0.2) is 0 Å². The summed E-state index contributed by atoms with van der Waals surface area (Å²) in [4.78, 5) is 4.02. The van der Waals surface area contributed by atoms with Gasteiger partial charge in [0, 0.05) is 25.0 Å². The minimum atomic E-state index is 0.203. The van der Waals surface area contributed by atoms with E-state index in [0.29, 0.717) is 0 Å². The third-order valence-corrected chi connectivity index (χ3v) is 3.86. The van der Waals surface area contributed by atoms with E-state index >= 15 is 0 Å².